The summed E-state index contributed by atoms with van der Waals surface area (Å²) in [4.78, 5) is 15.3. The third kappa shape index (κ3) is 3.69. The van der Waals surface area contributed by atoms with Crippen LogP contribution in [0.15, 0.2) is 72.8 Å². The Morgan fingerprint density at radius 1 is 0.969 bits per heavy atom. The van der Waals surface area contributed by atoms with Crippen LogP contribution >= 0.6 is 0 Å². The SMILES string of the molecule is Cc1ccc(-c2ccc(OC(C)(C)C(=O)N3CCC4(C3)OCc3ccccc34)cc2)cc1. The zero-order valence-corrected chi connectivity index (χ0v) is 18.9. The summed E-state index contributed by atoms with van der Waals surface area (Å²) in [7, 11) is 0. The molecule has 1 atom stereocenters. The summed E-state index contributed by atoms with van der Waals surface area (Å²) in [5, 5.41) is 0. The van der Waals surface area contributed by atoms with Gasteiger partial charge in [0.15, 0.2) is 5.60 Å². The second kappa shape index (κ2) is 7.79. The van der Waals surface area contributed by atoms with Crippen LogP contribution in [0.3, 0.4) is 0 Å². The molecule has 2 aliphatic heterocycles. The summed E-state index contributed by atoms with van der Waals surface area (Å²) in [6.45, 7) is 7.63. The lowest BCUT2D eigenvalue weighted by molar-refractivity contribution is -0.145. The van der Waals surface area contributed by atoms with E-state index in [4.69, 9.17) is 9.47 Å². The highest BCUT2D eigenvalue weighted by molar-refractivity contribution is 5.85. The molecule has 0 saturated carbocycles. The minimum Gasteiger partial charge on any atom is -0.478 e. The van der Waals surface area contributed by atoms with Crippen molar-refractivity contribution in [2.24, 2.45) is 0 Å². The fraction of sp³-hybridized carbons (Fsp3) is 0.321. The highest BCUT2D eigenvalue weighted by Gasteiger charge is 2.49. The molecule has 5 rings (SSSR count). The number of amides is 1. The lowest BCUT2D eigenvalue weighted by atomic mass is 9.92. The van der Waals surface area contributed by atoms with E-state index < -0.39 is 5.60 Å². The summed E-state index contributed by atoms with van der Waals surface area (Å²) in [6, 6.07) is 24.7. The molecule has 32 heavy (non-hydrogen) atoms. The van der Waals surface area contributed by atoms with E-state index in [9.17, 15) is 4.79 Å². The molecule has 3 aromatic rings. The molecular weight excluding hydrogens is 398 g/mol. The van der Waals surface area contributed by atoms with Crippen molar-refractivity contribution in [1.29, 1.82) is 0 Å². The molecule has 164 valence electrons. The topological polar surface area (TPSA) is 38.8 Å². The Labute approximate surface area is 189 Å². The fourth-order valence-electron chi connectivity index (χ4n) is 4.86. The Morgan fingerprint density at radius 3 is 2.34 bits per heavy atom. The van der Waals surface area contributed by atoms with Gasteiger partial charge >= 0.3 is 0 Å². The first-order valence-electron chi connectivity index (χ1n) is 11.2. The van der Waals surface area contributed by atoms with Gasteiger partial charge in [-0.25, -0.2) is 0 Å². The van der Waals surface area contributed by atoms with Crippen molar-refractivity contribution in [3.8, 4) is 16.9 Å². The molecule has 0 bridgehead atoms. The number of nitrogens with zero attached hydrogens (tertiary/aromatic N) is 1. The van der Waals surface area contributed by atoms with Gasteiger partial charge in [0.2, 0.25) is 0 Å². The van der Waals surface area contributed by atoms with Crippen molar-refractivity contribution in [2.75, 3.05) is 13.1 Å². The summed E-state index contributed by atoms with van der Waals surface area (Å²) in [6.07, 6.45) is 0.817. The third-order valence-electron chi connectivity index (χ3n) is 6.66. The fourth-order valence-corrected chi connectivity index (χ4v) is 4.86. The summed E-state index contributed by atoms with van der Waals surface area (Å²) < 4.78 is 12.4. The molecule has 2 aliphatic rings. The molecule has 1 amide bonds. The Hall–Kier alpha value is -3.11. The van der Waals surface area contributed by atoms with Gasteiger partial charge in [-0.15, -0.1) is 0 Å². The number of carbonyl (C=O) groups excluding carboxylic acids is 1. The van der Waals surface area contributed by atoms with E-state index in [0.29, 0.717) is 25.4 Å². The predicted molar refractivity (Wildman–Crippen MR) is 125 cm³/mol. The zero-order valence-electron chi connectivity index (χ0n) is 18.9. The highest BCUT2D eigenvalue weighted by atomic mass is 16.5. The number of aryl methyl sites for hydroxylation is 1. The van der Waals surface area contributed by atoms with Gasteiger partial charge in [0, 0.05) is 6.54 Å². The smallest absolute Gasteiger partial charge is 0.266 e. The van der Waals surface area contributed by atoms with Crippen LogP contribution in [0.25, 0.3) is 11.1 Å². The molecule has 4 heteroatoms. The first kappa shape index (κ1) is 20.8. The van der Waals surface area contributed by atoms with E-state index in [-0.39, 0.29) is 11.5 Å². The molecule has 1 spiro atoms. The Balaban J connectivity index is 1.28. The van der Waals surface area contributed by atoms with Gasteiger partial charge in [-0.1, -0.05) is 66.2 Å². The van der Waals surface area contributed by atoms with E-state index in [1.54, 1.807) is 0 Å². The monoisotopic (exact) mass is 427 g/mol. The van der Waals surface area contributed by atoms with Crippen molar-refractivity contribution in [3.63, 3.8) is 0 Å². The predicted octanol–water partition coefficient (Wildman–Crippen LogP) is 5.48. The molecule has 1 saturated heterocycles. The average Bonchev–Trinajstić information content (AvgIpc) is 3.39. The van der Waals surface area contributed by atoms with Gasteiger partial charge < -0.3 is 14.4 Å². The summed E-state index contributed by atoms with van der Waals surface area (Å²) in [5.41, 5.74) is 4.64. The maximum Gasteiger partial charge on any atom is 0.266 e. The molecule has 2 heterocycles. The minimum absolute atomic E-state index is 0.00929. The maximum absolute atomic E-state index is 13.4. The van der Waals surface area contributed by atoms with Crippen LogP contribution in [0, 0.1) is 6.92 Å². The van der Waals surface area contributed by atoms with Crippen LogP contribution in [-0.4, -0.2) is 29.5 Å². The first-order valence-corrected chi connectivity index (χ1v) is 11.2. The van der Waals surface area contributed by atoms with E-state index in [0.717, 1.165) is 17.5 Å². The number of carbonyl (C=O) groups is 1. The van der Waals surface area contributed by atoms with E-state index >= 15 is 0 Å². The van der Waals surface area contributed by atoms with Gasteiger partial charge in [-0.2, -0.15) is 0 Å². The van der Waals surface area contributed by atoms with Gasteiger partial charge in [0.05, 0.1) is 13.2 Å². The summed E-state index contributed by atoms with van der Waals surface area (Å²) in [5.74, 6) is 0.681. The molecule has 3 aromatic carbocycles. The van der Waals surface area contributed by atoms with Crippen LogP contribution < -0.4 is 4.74 Å². The van der Waals surface area contributed by atoms with Gasteiger partial charge in [0.25, 0.3) is 5.91 Å². The van der Waals surface area contributed by atoms with Gasteiger partial charge in [0.1, 0.15) is 11.4 Å². The molecule has 0 aromatic heterocycles. The van der Waals surface area contributed by atoms with Crippen LogP contribution in [-0.2, 0) is 21.7 Å². The standard InChI is InChI=1S/C28H29NO3/c1-20-8-10-21(11-9-20)22-12-14-24(15-13-22)32-27(2,3)26(30)29-17-16-28(19-29)25-7-5-4-6-23(25)18-31-28/h4-15H,16-19H2,1-3H3. The molecule has 0 N–H and O–H groups in total. The van der Waals surface area contributed by atoms with Crippen molar-refractivity contribution < 1.29 is 14.3 Å². The lowest BCUT2D eigenvalue weighted by Gasteiger charge is -2.31. The zero-order chi connectivity index (χ0) is 22.3. The van der Waals surface area contributed by atoms with Crippen molar-refractivity contribution in [2.45, 2.75) is 45.0 Å². The molecule has 1 fully saturated rings. The lowest BCUT2D eigenvalue weighted by Crippen LogP contribution is -2.49. The van der Waals surface area contributed by atoms with Crippen LogP contribution in [0.4, 0.5) is 0 Å². The van der Waals surface area contributed by atoms with Crippen LogP contribution in [0.5, 0.6) is 5.75 Å². The number of likely N-dealkylation sites (tertiary alicyclic amines) is 1. The number of fused-ring (bicyclic) bond motifs is 2. The van der Waals surface area contributed by atoms with Crippen molar-refractivity contribution in [1.82, 2.24) is 4.90 Å². The molecule has 4 nitrogen and oxygen atoms in total. The second-order valence-corrected chi connectivity index (χ2v) is 9.42. The average molecular weight is 428 g/mol. The van der Waals surface area contributed by atoms with Crippen molar-refractivity contribution >= 4 is 5.91 Å². The Bertz CT molecular complexity index is 1130. The minimum atomic E-state index is -0.963. The van der Waals surface area contributed by atoms with Crippen LogP contribution in [0.2, 0.25) is 0 Å². The molecular formula is C28H29NO3. The largest absolute Gasteiger partial charge is 0.478 e. The number of rotatable bonds is 4. The maximum atomic E-state index is 13.4. The molecule has 1 unspecified atom stereocenters. The number of benzene rings is 3. The Kier molecular flexibility index (Phi) is 5.06. The third-order valence-corrected chi connectivity index (χ3v) is 6.66. The van der Waals surface area contributed by atoms with E-state index in [2.05, 4.69) is 43.3 Å². The Morgan fingerprint density at radius 2 is 1.62 bits per heavy atom. The number of hydrogen-bond acceptors (Lipinski definition) is 3. The first-order chi connectivity index (χ1) is 15.4. The van der Waals surface area contributed by atoms with Gasteiger partial charge in [-0.3, -0.25) is 4.79 Å². The quantitative estimate of drug-likeness (QED) is 0.554. The summed E-state index contributed by atoms with van der Waals surface area (Å²) >= 11 is 0. The highest BCUT2D eigenvalue weighted by Crippen LogP contribution is 2.43. The van der Waals surface area contributed by atoms with E-state index in [1.807, 2.05) is 55.1 Å². The van der Waals surface area contributed by atoms with E-state index in [1.165, 1.54) is 16.7 Å². The molecule has 0 radical (unpaired) electrons. The van der Waals surface area contributed by atoms with Gasteiger partial charge in [-0.05, 0) is 61.6 Å². The second-order valence-electron chi connectivity index (χ2n) is 9.42. The molecule has 0 aliphatic carbocycles. The van der Waals surface area contributed by atoms with Crippen LogP contribution in [0.1, 0.15) is 37.0 Å². The number of hydrogen-bond donors (Lipinski definition) is 0. The van der Waals surface area contributed by atoms with Crippen molar-refractivity contribution in [3.05, 3.63) is 89.5 Å². The number of ether oxygens (including phenoxy) is 2. The normalized spacial score (nSPS) is 19.9.